The molecule has 1 fully saturated rings. The molecular weight excluding hydrogens is 221 g/mol. The third-order valence-corrected chi connectivity index (χ3v) is 3.43. The van der Waals surface area contributed by atoms with E-state index < -0.39 is 11.8 Å². The SMILES string of the molecule is CN(Cc1cccc(C(=O)O)c1F)C1CCC1. The van der Waals surface area contributed by atoms with E-state index >= 15 is 0 Å². The summed E-state index contributed by atoms with van der Waals surface area (Å²) < 4.78 is 13.9. The van der Waals surface area contributed by atoms with Crippen molar-refractivity contribution in [2.45, 2.75) is 31.8 Å². The minimum absolute atomic E-state index is 0.246. The second kappa shape index (κ2) is 4.84. The molecule has 1 aromatic carbocycles. The fraction of sp³-hybridized carbons (Fsp3) is 0.462. The van der Waals surface area contributed by atoms with Gasteiger partial charge in [0, 0.05) is 18.2 Å². The summed E-state index contributed by atoms with van der Waals surface area (Å²) in [7, 11) is 1.96. The summed E-state index contributed by atoms with van der Waals surface area (Å²) in [5, 5.41) is 8.84. The van der Waals surface area contributed by atoms with Crippen molar-refractivity contribution in [3.05, 3.63) is 35.1 Å². The van der Waals surface area contributed by atoms with E-state index in [1.54, 1.807) is 12.1 Å². The number of carboxylic acids is 1. The maximum atomic E-state index is 13.9. The standard InChI is InChI=1S/C13H16FNO2/c1-15(10-5-3-6-10)8-9-4-2-7-11(12(9)14)13(16)17/h2,4,7,10H,3,5-6,8H2,1H3,(H,16,17). The van der Waals surface area contributed by atoms with Crippen molar-refractivity contribution < 1.29 is 14.3 Å². The number of hydrogen-bond donors (Lipinski definition) is 1. The number of halogens is 1. The number of carbonyl (C=O) groups is 1. The quantitative estimate of drug-likeness (QED) is 0.874. The maximum Gasteiger partial charge on any atom is 0.338 e. The Balaban J connectivity index is 2.15. The van der Waals surface area contributed by atoms with E-state index in [4.69, 9.17) is 5.11 Å². The van der Waals surface area contributed by atoms with Crippen LogP contribution in [0.5, 0.6) is 0 Å². The van der Waals surface area contributed by atoms with Gasteiger partial charge in [-0.15, -0.1) is 0 Å². The van der Waals surface area contributed by atoms with Gasteiger partial charge in [-0.25, -0.2) is 9.18 Å². The van der Waals surface area contributed by atoms with Crippen molar-refractivity contribution in [1.82, 2.24) is 4.90 Å². The summed E-state index contributed by atoms with van der Waals surface area (Å²) in [6.45, 7) is 0.470. The summed E-state index contributed by atoms with van der Waals surface area (Å²) >= 11 is 0. The molecule has 1 aromatic rings. The van der Waals surface area contributed by atoms with Crippen LogP contribution < -0.4 is 0 Å². The van der Waals surface area contributed by atoms with Crippen molar-refractivity contribution in [2.75, 3.05) is 7.05 Å². The number of carboxylic acid groups (broad SMARTS) is 1. The van der Waals surface area contributed by atoms with Crippen LogP contribution in [0.4, 0.5) is 4.39 Å². The third-order valence-electron chi connectivity index (χ3n) is 3.43. The molecule has 0 aliphatic heterocycles. The van der Waals surface area contributed by atoms with E-state index in [9.17, 15) is 9.18 Å². The van der Waals surface area contributed by atoms with Gasteiger partial charge >= 0.3 is 5.97 Å². The highest BCUT2D eigenvalue weighted by molar-refractivity contribution is 5.88. The molecule has 0 aromatic heterocycles. The summed E-state index contributed by atoms with van der Waals surface area (Å²) in [6, 6.07) is 5.06. The average Bonchev–Trinajstić information content (AvgIpc) is 2.18. The molecule has 1 aliphatic carbocycles. The summed E-state index contributed by atoms with van der Waals surface area (Å²) in [6.07, 6.45) is 3.53. The topological polar surface area (TPSA) is 40.5 Å². The molecule has 17 heavy (non-hydrogen) atoms. The van der Waals surface area contributed by atoms with Gasteiger partial charge in [0.25, 0.3) is 0 Å². The zero-order valence-corrected chi connectivity index (χ0v) is 9.82. The molecule has 0 amide bonds. The molecule has 0 atom stereocenters. The van der Waals surface area contributed by atoms with Crippen LogP contribution in [0.1, 0.15) is 35.2 Å². The fourth-order valence-corrected chi connectivity index (χ4v) is 2.09. The van der Waals surface area contributed by atoms with Crippen LogP contribution in [-0.2, 0) is 6.54 Å². The van der Waals surface area contributed by atoms with Crippen LogP contribution >= 0.6 is 0 Å². The lowest BCUT2D eigenvalue weighted by molar-refractivity contribution is 0.0691. The van der Waals surface area contributed by atoms with Crippen molar-refractivity contribution in [3.8, 4) is 0 Å². The number of hydrogen-bond acceptors (Lipinski definition) is 2. The van der Waals surface area contributed by atoms with E-state index in [0.29, 0.717) is 18.2 Å². The van der Waals surface area contributed by atoms with E-state index in [1.807, 2.05) is 7.05 Å². The predicted molar refractivity (Wildman–Crippen MR) is 62.5 cm³/mol. The van der Waals surface area contributed by atoms with Gasteiger partial charge in [0.2, 0.25) is 0 Å². The lowest BCUT2D eigenvalue weighted by Crippen LogP contribution is -2.36. The Kier molecular flexibility index (Phi) is 3.43. The molecule has 0 unspecified atom stereocenters. The van der Waals surface area contributed by atoms with E-state index in [2.05, 4.69) is 4.90 Å². The van der Waals surface area contributed by atoms with Crippen molar-refractivity contribution in [1.29, 1.82) is 0 Å². The van der Waals surface area contributed by atoms with Gasteiger partial charge in [-0.05, 0) is 26.0 Å². The monoisotopic (exact) mass is 237 g/mol. The van der Waals surface area contributed by atoms with Gasteiger partial charge in [0.05, 0.1) is 5.56 Å². The Bertz CT molecular complexity index is 429. The molecule has 2 rings (SSSR count). The molecule has 1 N–H and O–H groups in total. The Morgan fingerprint density at radius 3 is 2.76 bits per heavy atom. The maximum absolute atomic E-state index is 13.9. The molecule has 92 valence electrons. The van der Waals surface area contributed by atoms with Crippen LogP contribution in [0.2, 0.25) is 0 Å². The number of rotatable bonds is 4. The fourth-order valence-electron chi connectivity index (χ4n) is 2.09. The van der Waals surface area contributed by atoms with Crippen molar-refractivity contribution in [3.63, 3.8) is 0 Å². The van der Waals surface area contributed by atoms with Gasteiger partial charge in [-0.3, -0.25) is 4.90 Å². The molecule has 1 aliphatic rings. The normalized spacial score (nSPS) is 15.9. The highest BCUT2D eigenvalue weighted by Gasteiger charge is 2.23. The van der Waals surface area contributed by atoms with Gasteiger partial charge < -0.3 is 5.11 Å². The van der Waals surface area contributed by atoms with E-state index in [1.165, 1.54) is 12.5 Å². The first-order valence-electron chi connectivity index (χ1n) is 5.80. The molecule has 0 saturated heterocycles. The van der Waals surface area contributed by atoms with Gasteiger partial charge in [-0.1, -0.05) is 18.6 Å². The van der Waals surface area contributed by atoms with Crippen molar-refractivity contribution >= 4 is 5.97 Å². The lowest BCUT2D eigenvalue weighted by atomic mass is 9.91. The molecule has 3 nitrogen and oxygen atoms in total. The van der Waals surface area contributed by atoms with E-state index in [0.717, 1.165) is 12.8 Å². The summed E-state index contributed by atoms with van der Waals surface area (Å²) in [5.74, 6) is -1.82. The van der Waals surface area contributed by atoms with Crippen LogP contribution in [0, 0.1) is 5.82 Å². The second-order valence-electron chi connectivity index (χ2n) is 4.58. The van der Waals surface area contributed by atoms with E-state index in [-0.39, 0.29) is 5.56 Å². The number of nitrogens with zero attached hydrogens (tertiary/aromatic N) is 1. The molecule has 0 radical (unpaired) electrons. The van der Waals surface area contributed by atoms with Crippen LogP contribution in [0.3, 0.4) is 0 Å². The minimum atomic E-state index is -1.21. The first-order chi connectivity index (χ1) is 8.09. The smallest absolute Gasteiger partial charge is 0.338 e. The van der Waals surface area contributed by atoms with Crippen molar-refractivity contribution in [2.24, 2.45) is 0 Å². The Hall–Kier alpha value is -1.42. The molecule has 4 heteroatoms. The van der Waals surface area contributed by atoms with Gasteiger partial charge in [0.1, 0.15) is 5.82 Å². The average molecular weight is 237 g/mol. The van der Waals surface area contributed by atoms with Crippen LogP contribution in [0.15, 0.2) is 18.2 Å². The van der Waals surface area contributed by atoms with Crippen LogP contribution in [-0.4, -0.2) is 29.1 Å². The predicted octanol–water partition coefficient (Wildman–Crippen LogP) is 2.51. The highest BCUT2D eigenvalue weighted by atomic mass is 19.1. The number of benzene rings is 1. The molecule has 0 heterocycles. The zero-order valence-electron chi connectivity index (χ0n) is 9.82. The Labute approximate surface area is 99.9 Å². The first kappa shape index (κ1) is 12.0. The molecular formula is C13H16FNO2. The minimum Gasteiger partial charge on any atom is -0.478 e. The summed E-state index contributed by atoms with van der Waals surface area (Å²) in [4.78, 5) is 12.9. The first-order valence-corrected chi connectivity index (χ1v) is 5.80. The Morgan fingerprint density at radius 2 is 2.24 bits per heavy atom. The second-order valence-corrected chi connectivity index (χ2v) is 4.58. The lowest BCUT2D eigenvalue weighted by Gasteiger charge is -2.34. The zero-order chi connectivity index (χ0) is 12.4. The Morgan fingerprint density at radius 1 is 1.53 bits per heavy atom. The molecule has 0 spiro atoms. The summed E-state index contributed by atoms with van der Waals surface area (Å²) in [5.41, 5.74) is 0.212. The molecule has 0 bridgehead atoms. The van der Waals surface area contributed by atoms with Gasteiger partial charge in [0.15, 0.2) is 0 Å². The largest absolute Gasteiger partial charge is 0.478 e. The molecule has 1 saturated carbocycles. The van der Waals surface area contributed by atoms with Crippen LogP contribution in [0.25, 0.3) is 0 Å². The van der Waals surface area contributed by atoms with Gasteiger partial charge in [-0.2, -0.15) is 0 Å². The number of aromatic carboxylic acids is 1. The third kappa shape index (κ3) is 2.47. The highest BCUT2D eigenvalue weighted by Crippen LogP contribution is 2.25.